The Hall–Kier alpha value is -0.780. The van der Waals surface area contributed by atoms with Crippen LogP contribution in [0.25, 0.3) is 0 Å². The maximum Gasteiger partial charge on any atom is 0.00288 e. The molecule has 0 aliphatic heterocycles. The fraction of sp³-hybridized carbons (Fsp3) is 0.667. The van der Waals surface area contributed by atoms with E-state index in [4.69, 9.17) is 0 Å². The first-order valence-corrected chi connectivity index (χ1v) is 7.40. The molecule has 0 aliphatic rings. The number of hydrogen-bond acceptors (Lipinski definition) is 0. The van der Waals surface area contributed by atoms with Gasteiger partial charge < -0.3 is 0 Å². The number of rotatable bonds is 8. The fourth-order valence-electron chi connectivity index (χ4n) is 1.76. The van der Waals surface area contributed by atoms with Gasteiger partial charge in [0, 0.05) is 5.41 Å². The molecule has 0 rings (SSSR count). The first kappa shape index (κ1) is 17.2. The zero-order valence-corrected chi connectivity index (χ0v) is 13.3. The van der Waals surface area contributed by atoms with Gasteiger partial charge in [-0.15, -0.1) is 0 Å². The van der Waals surface area contributed by atoms with Gasteiger partial charge in [-0.25, -0.2) is 0 Å². The van der Waals surface area contributed by atoms with Gasteiger partial charge in [0.05, 0.1) is 0 Å². The van der Waals surface area contributed by atoms with Crippen LogP contribution in [0.3, 0.4) is 0 Å². The Balaban J connectivity index is 4.58. The third-order valence-electron chi connectivity index (χ3n) is 4.03. The van der Waals surface area contributed by atoms with Crippen LogP contribution in [0.1, 0.15) is 67.2 Å². The molecule has 0 heterocycles. The molecule has 0 N–H and O–H groups in total. The van der Waals surface area contributed by atoms with Gasteiger partial charge in [0.1, 0.15) is 0 Å². The second kappa shape index (κ2) is 8.34. The zero-order chi connectivity index (χ0) is 14.2. The Labute approximate surface area is 115 Å². The number of allylic oxidation sites excluding steroid dienone is 5. The molecule has 0 bridgehead atoms. The van der Waals surface area contributed by atoms with Crippen LogP contribution in [0, 0.1) is 11.3 Å². The smallest absolute Gasteiger partial charge is 0.00288 e. The van der Waals surface area contributed by atoms with Gasteiger partial charge in [0.2, 0.25) is 0 Å². The van der Waals surface area contributed by atoms with Crippen molar-refractivity contribution >= 4 is 0 Å². The van der Waals surface area contributed by atoms with E-state index in [1.165, 1.54) is 31.3 Å². The van der Waals surface area contributed by atoms with Crippen molar-refractivity contribution in [2.45, 2.75) is 67.2 Å². The maximum atomic E-state index is 4.07. The van der Waals surface area contributed by atoms with Crippen molar-refractivity contribution < 1.29 is 0 Å². The van der Waals surface area contributed by atoms with Gasteiger partial charge in [-0.05, 0) is 38.5 Å². The Morgan fingerprint density at radius 3 is 2.11 bits per heavy atom. The topological polar surface area (TPSA) is 0 Å². The summed E-state index contributed by atoms with van der Waals surface area (Å²) >= 11 is 0. The van der Waals surface area contributed by atoms with Crippen molar-refractivity contribution in [1.29, 1.82) is 0 Å². The minimum atomic E-state index is 0.121. The van der Waals surface area contributed by atoms with E-state index in [1.807, 2.05) is 0 Å². The molecular formula is C18H32. The average Bonchev–Trinajstić information content (AvgIpc) is 2.33. The van der Waals surface area contributed by atoms with Crippen LogP contribution in [0.15, 0.2) is 36.0 Å². The van der Waals surface area contributed by atoms with Crippen molar-refractivity contribution in [2.75, 3.05) is 0 Å². The third kappa shape index (κ3) is 6.23. The summed E-state index contributed by atoms with van der Waals surface area (Å²) in [5.41, 5.74) is 2.93. The molecule has 1 atom stereocenters. The first-order chi connectivity index (χ1) is 8.37. The van der Waals surface area contributed by atoms with Crippen molar-refractivity contribution in [3.05, 3.63) is 36.0 Å². The van der Waals surface area contributed by atoms with Crippen LogP contribution in [-0.4, -0.2) is 0 Å². The maximum absolute atomic E-state index is 4.07. The summed E-state index contributed by atoms with van der Waals surface area (Å²) in [4.78, 5) is 0. The van der Waals surface area contributed by atoms with Gasteiger partial charge in [-0.1, -0.05) is 70.6 Å². The molecule has 18 heavy (non-hydrogen) atoms. The SMILES string of the molecule is C=C(C)C(C)(C)C=CC(CC)CC=C(CC)CC. The Morgan fingerprint density at radius 1 is 1.17 bits per heavy atom. The lowest BCUT2D eigenvalue weighted by Crippen LogP contribution is -2.08. The summed E-state index contributed by atoms with van der Waals surface area (Å²) in [6, 6.07) is 0. The standard InChI is InChI=1S/C18H32/c1-8-16(9-2)11-12-17(10-3)13-14-18(6,7)15(4)5/h11,13-14,17H,4,8-10,12H2,1-3,5-7H3. The van der Waals surface area contributed by atoms with Crippen molar-refractivity contribution in [3.8, 4) is 0 Å². The van der Waals surface area contributed by atoms with Gasteiger partial charge in [0.25, 0.3) is 0 Å². The summed E-state index contributed by atoms with van der Waals surface area (Å²) in [5.74, 6) is 0.664. The largest absolute Gasteiger partial charge is 0.0993 e. The average molecular weight is 248 g/mol. The molecule has 0 aromatic rings. The predicted molar refractivity (Wildman–Crippen MR) is 84.8 cm³/mol. The summed E-state index contributed by atoms with van der Waals surface area (Å²) in [6.07, 6.45) is 11.9. The summed E-state index contributed by atoms with van der Waals surface area (Å²) < 4.78 is 0. The molecule has 104 valence electrons. The molecule has 0 radical (unpaired) electrons. The molecule has 0 saturated heterocycles. The second-order valence-corrected chi connectivity index (χ2v) is 5.83. The van der Waals surface area contributed by atoms with Gasteiger partial charge in [-0.3, -0.25) is 0 Å². The third-order valence-corrected chi connectivity index (χ3v) is 4.03. The minimum absolute atomic E-state index is 0.121. The first-order valence-electron chi connectivity index (χ1n) is 7.40. The zero-order valence-electron chi connectivity index (χ0n) is 13.3. The van der Waals surface area contributed by atoms with Crippen LogP contribution in [0.2, 0.25) is 0 Å². The Morgan fingerprint density at radius 2 is 1.72 bits per heavy atom. The van der Waals surface area contributed by atoms with Crippen molar-refractivity contribution in [3.63, 3.8) is 0 Å². The molecular weight excluding hydrogens is 216 g/mol. The minimum Gasteiger partial charge on any atom is -0.0993 e. The van der Waals surface area contributed by atoms with E-state index in [0.717, 1.165) is 0 Å². The van der Waals surface area contributed by atoms with Crippen LogP contribution in [0.4, 0.5) is 0 Å². The molecule has 0 aliphatic carbocycles. The monoisotopic (exact) mass is 248 g/mol. The molecule has 0 spiro atoms. The van der Waals surface area contributed by atoms with Crippen LogP contribution in [-0.2, 0) is 0 Å². The molecule has 0 heteroatoms. The lowest BCUT2D eigenvalue weighted by Gasteiger charge is -2.21. The lowest BCUT2D eigenvalue weighted by atomic mass is 9.84. The molecule has 0 amide bonds. The summed E-state index contributed by atoms with van der Waals surface area (Å²) in [7, 11) is 0. The van der Waals surface area contributed by atoms with E-state index in [9.17, 15) is 0 Å². The molecule has 0 fully saturated rings. The van der Waals surface area contributed by atoms with Crippen molar-refractivity contribution in [1.82, 2.24) is 0 Å². The molecule has 1 unspecified atom stereocenters. The quantitative estimate of drug-likeness (QED) is 0.442. The lowest BCUT2D eigenvalue weighted by molar-refractivity contribution is 0.562. The van der Waals surface area contributed by atoms with Crippen molar-refractivity contribution in [2.24, 2.45) is 11.3 Å². The van der Waals surface area contributed by atoms with E-state index < -0.39 is 0 Å². The molecule has 0 nitrogen and oxygen atoms in total. The normalized spacial score (nSPS) is 13.7. The molecule has 0 aromatic heterocycles. The Kier molecular flexibility index (Phi) is 7.98. The van der Waals surface area contributed by atoms with E-state index in [2.05, 4.69) is 66.3 Å². The highest BCUT2D eigenvalue weighted by Crippen LogP contribution is 2.27. The second-order valence-electron chi connectivity index (χ2n) is 5.83. The van der Waals surface area contributed by atoms with Crippen LogP contribution < -0.4 is 0 Å². The highest BCUT2D eigenvalue weighted by molar-refractivity contribution is 5.15. The molecule has 0 saturated carbocycles. The fourth-order valence-corrected chi connectivity index (χ4v) is 1.76. The highest BCUT2D eigenvalue weighted by atomic mass is 14.2. The van der Waals surface area contributed by atoms with Gasteiger partial charge in [0.15, 0.2) is 0 Å². The van der Waals surface area contributed by atoms with Crippen LogP contribution >= 0.6 is 0 Å². The summed E-state index contributed by atoms with van der Waals surface area (Å²) in [6.45, 7) is 17.4. The van der Waals surface area contributed by atoms with Gasteiger partial charge >= 0.3 is 0 Å². The highest BCUT2D eigenvalue weighted by Gasteiger charge is 2.14. The van der Waals surface area contributed by atoms with E-state index >= 15 is 0 Å². The van der Waals surface area contributed by atoms with E-state index in [1.54, 1.807) is 5.57 Å². The Bertz CT molecular complexity index is 296. The predicted octanol–water partition coefficient (Wildman–Crippen LogP) is 6.31. The number of hydrogen-bond donors (Lipinski definition) is 0. The molecule has 0 aromatic carbocycles. The van der Waals surface area contributed by atoms with Gasteiger partial charge in [-0.2, -0.15) is 0 Å². The van der Waals surface area contributed by atoms with E-state index in [0.29, 0.717) is 5.92 Å². The van der Waals surface area contributed by atoms with Crippen LogP contribution in [0.5, 0.6) is 0 Å². The van der Waals surface area contributed by atoms with E-state index in [-0.39, 0.29) is 5.41 Å². The summed E-state index contributed by atoms with van der Waals surface area (Å²) in [5, 5.41) is 0.